The van der Waals surface area contributed by atoms with Crippen LogP contribution in [0, 0.1) is 0 Å². The fourth-order valence-corrected chi connectivity index (χ4v) is 13.8. The zero-order chi connectivity index (χ0) is 51.9. The van der Waals surface area contributed by atoms with Gasteiger partial charge in [-0.3, -0.25) is 0 Å². The second-order valence-electron chi connectivity index (χ2n) is 23.8. The fourth-order valence-electron chi connectivity index (χ4n) is 13.8. The standard InChI is InChI=1S/C74H62N2/c1-71(2)63-39-47(31-35-55(63)59-43-69-61(45-67(59)71)57-37-33-53(41-65(57)73(69,5)6)75(49-21-13-9-14-22-49)50-23-15-10-16-24-50)29-30-48-32-36-56-60-44-70-62(46-68(60)72(3,4)64(56)40-48)58-38-34-54(42-66(58)74(70,7)8)76(51-25-17-11-18-26-51)52-27-19-12-20-28-52/h9-46H,1-8H3. The normalized spacial score (nSPS) is 15.7. The van der Waals surface area contributed by atoms with E-state index in [0.717, 1.165) is 22.7 Å². The molecule has 0 saturated carbocycles. The highest BCUT2D eigenvalue weighted by molar-refractivity contribution is 5.94. The molecule has 0 N–H and O–H groups in total. The van der Waals surface area contributed by atoms with Gasteiger partial charge in [-0.25, -0.2) is 0 Å². The molecule has 0 bridgehead atoms. The van der Waals surface area contributed by atoms with Crippen LogP contribution in [0.3, 0.4) is 0 Å². The molecule has 14 rings (SSSR count). The predicted molar refractivity (Wildman–Crippen MR) is 321 cm³/mol. The Morgan fingerprint density at radius 2 is 0.461 bits per heavy atom. The molecule has 0 amide bonds. The number of nitrogens with zero attached hydrogens (tertiary/aromatic N) is 2. The van der Waals surface area contributed by atoms with Crippen molar-refractivity contribution >= 4 is 46.3 Å². The lowest BCUT2D eigenvalue weighted by atomic mass is 9.79. The third kappa shape index (κ3) is 6.79. The molecule has 76 heavy (non-hydrogen) atoms. The number of rotatable bonds is 8. The molecule has 4 aliphatic rings. The lowest BCUT2D eigenvalue weighted by Gasteiger charge is -2.28. The molecule has 2 nitrogen and oxygen atoms in total. The summed E-state index contributed by atoms with van der Waals surface area (Å²) < 4.78 is 0. The first-order valence-corrected chi connectivity index (χ1v) is 27.2. The van der Waals surface area contributed by atoms with E-state index in [1.54, 1.807) is 0 Å². The monoisotopic (exact) mass is 978 g/mol. The zero-order valence-electron chi connectivity index (χ0n) is 44.8. The number of fused-ring (bicyclic) bond motifs is 12. The van der Waals surface area contributed by atoms with E-state index in [1.165, 1.54) is 112 Å². The van der Waals surface area contributed by atoms with Gasteiger partial charge in [-0.2, -0.15) is 0 Å². The lowest BCUT2D eigenvalue weighted by molar-refractivity contribution is 0.652. The summed E-state index contributed by atoms with van der Waals surface area (Å²) in [6, 6.07) is 81.5. The maximum Gasteiger partial charge on any atom is 0.0465 e. The largest absolute Gasteiger partial charge is 0.310 e. The molecule has 368 valence electrons. The molecule has 0 heterocycles. The van der Waals surface area contributed by atoms with E-state index in [1.807, 2.05) is 0 Å². The summed E-state index contributed by atoms with van der Waals surface area (Å²) in [7, 11) is 0. The van der Waals surface area contributed by atoms with Crippen molar-refractivity contribution in [2.24, 2.45) is 0 Å². The first-order valence-electron chi connectivity index (χ1n) is 27.2. The van der Waals surface area contributed by atoms with Crippen LogP contribution in [0.5, 0.6) is 0 Å². The number of anilines is 6. The van der Waals surface area contributed by atoms with Gasteiger partial charge in [-0.1, -0.05) is 189 Å². The Morgan fingerprint density at radius 3 is 0.737 bits per heavy atom. The van der Waals surface area contributed by atoms with Crippen molar-refractivity contribution in [1.29, 1.82) is 0 Å². The molecule has 0 aliphatic heterocycles. The Bertz CT molecular complexity index is 3680. The summed E-state index contributed by atoms with van der Waals surface area (Å²) >= 11 is 0. The Hall–Kier alpha value is -8.46. The summed E-state index contributed by atoms with van der Waals surface area (Å²) in [4.78, 5) is 4.75. The topological polar surface area (TPSA) is 6.48 Å². The molecule has 10 aromatic rings. The van der Waals surface area contributed by atoms with Crippen LogP contribution in [-0.2, 0) is 21.7 Å². The van der Waals surface area contributed by atoms with Crippen LogP contribution in [0.4, 0.5) is 34.1 Å². The van der Waals surface area contributed by atoms with Crippen molar-refractivity contribution in [1.82, 2.24) is 0 Å². The van der Waals surface area contributed by atoms with Crippen LogP contribution in [0.2, 0.25) is 0 Å². The van der Waals surface area contributed by atoms with E-state index in [-0.39, 0.29) is 21.7 Å². The van der Waals surface area contributed by atoms with Crippen molar-refractivity contribution in [3.8, 4) is 44.5 Å². The van der Waals surface area contributed by atoms with Crippen molar-refractivity contribution < 1.29 is 0 Å². The Labute approximate surface area is 449 Å². The van der Waals surface area contributed by atoms with Gasteiger partial charge in [0, 0.05) is 55.8 Å². The number of hydrogen-bond acceptors (Lipinski definition) is 2. The molecular formula is C74H62N2. The highest BCUT2D eigenvalue weighted by Gasteiger charge is 2.44. The minimum Gasteiger partial charge on any atom is -0.310 e. The molecule has 4 aliphatic carbocycles. The molecule has 0 aromatic heterocycles. The van der Waals surface area contributed by atoms with Gasteiger partial charge in [0.1, 0.15) is 0 Å². The van der Waals surface area contributed by atoms with Gasteiger partial charge in [0.25, 0.3) is 0 Å². The highest BCUT2D eigenvalue weighted by Crippen LogP contribution is 2.59. The summed E-state index contributed by atoms with van der Waals surface area (Å²) in [5.41, 5.74) is 30.8. The molecule has 0 saturated heterocycles. The summed E-state index contributed by atoms with van der Waals surface area (Å²) in [5.74, 6) is 0. The maximum absolute atomic E-state index is 2.53. The predicted octanol–water partition coefficient (Wildman–Crippen LogP) is 20.0. The average Bonchev–Trinajstić information content (AvgIpc) is 4.20. The molecule has 0 spiro atoms. The minimum atomic E-state index is -0.169. The lowest BCUT2D eigenvalue weighted by Crippen LogP contribution is -2.17. The first kappa shape index (κ1) is 46.1. The van der Waals surface area contributed by atoms with Gasteiger partial charge in [0.05, 0.1) is 0 Å². The molecule has 0 radical (unpaired) electrons. The second kappa shape index (κ2) is 16.5. The van der Waals surface area contributed by atoms with Crippen molar-refractivity contribution in [2.45, 2.75) is 77.0 Å². The van der Waals surface area contributed by atoms with Crippen LogP contribution in [0.1, 0.15) is 111 Å². The minimum absolute atomic E-state index is 0.153. The molecule has 0 atom stereocenters. The quantitative estimate of drug-likeness (QED) is 0.140. The van der Waals surface area contributed by atoms with Gasteiger partial charge < -0.3 is 9.80 Å². The van der Waals surface area contributed by atoms with E-state index in [9.17, 15) is 0 Å². The van der Waals surface area contributed by atoms with Crippen LogP contribution in [0.15, 0.2) is 218 Å². The van der Waals surface area contributed by atoms with Crippen LogP contribution in [-0.4, -0.2) is 0 Å². The number of hydrogen-bond donors (Lipinski definition) is 0. The van der Waals surface area contributed by atoms with Crippen molar-refractivity contribution in [3.63, 3.8) is 0 Å². The Balaban J connectivity index is 0.750. The van der Waals surface area contributed by atoms with Crippen LogP contribution >= 0.6 is 0 Å². The molecule has 2 heteroatoms. The van der Waals surface area contributed by atoms with E-state index in [4.69, 9.17) is 0 Å². The third-order valence-corrected chi connectivity index (χ3v) is 18.0. The third-order valence-electron chi connectivity index (χ3n) is 18.0. The van der Waals surface area contributed by atoms with Gasteiger partial charge in [0.2, 0.25) is 0 Å². The summed E-state index contributed by atoms with van der Waals surface area (Å²) in [6.07, 6.45) is 4.64. The second-order valence-corrected chi connectivity index (χ2v) is 23.8. The fraction of sp³-hybridized carbons (Fsp3) is 0.162. The van der Waals surface area contributed by atoms with Crippen LogP contribution < -0.4 is 9.80 Å². The smallest absolute Gasteiger partial charge is 0.0465 e. The molecule has 10 aromatic carbocycles. The molecule has 0 unspecified atom stereocenters. The van der Waals surface area contributed by atoms with Gasteiger partial charge in [-0.15, -0.1) is 0 Å². The number of para-hydroxylation sites is 4. The maximum atomic E-state index is 2.53. The Kier molecular flexibility index (Phi) is 10.0. The summed E-state index contributed by atoms with van der Waals surface area (Å²) in [6.45, 7) is 19.3. The highest BCUT2D eigenvalue weighted by atomic mass is 15.1. The SMILES string of the molecule is CC1(C)c2cc(C=Cc3ccc4c(c3)C(C)(C)c3cc5c(cc3-4)C(C)(C)c3cc(N(c4ccccc4)c4ccccc4)ccc3-5)ccc2-c2cc3c(cc21)-c1ccc(N(c2ccccc2)c2ccccc2)cc1C3(C)C. The van der Waals surface area contributed by atoms with Crippen molar-refractivity contribution in [2.75, 3.05) is 9.80 Å². The van der Waals surface area contributed by atoms with E-state index in [0.29, 0.717) is 0 Å². The van der Waals surface area contributed by atoms with E-state index in [2.05, 4.69) is 296 Å². The van der Waals surface area contributed by atoms with Gasteiger partial charge in [-0.05, 0) is 197 Å². The molecule has 0 fully saturated rings. The number of benzene rings is 10. The van der Waals surface area contributed by atoms with Crippen molar-refractivity contribution in [3.05, 3.63) is 274 Å². The van der Waals surface area contributed by atoms with Gasteiger partial charge in [0.15, 0.2) is 0 Å². The average molecular weight is 979 g/mol. The van der Waals surface area contributed by atoms with E-state index < -0.39 is 0 Å². The Morgan fingerprint density at radius 1 is 0.224 bits per heavy atom. The summed E-state index contributed by atoms with van der Waals surface area (Å²) in [5, 5.41) is 0. The first-order chi connectivity index (χ1) is 36.7. The molecular weight excluding hydrogens is 917 g/mol. The zero-order valence-corrected chi connectivity index (χ0v) is 44.8. The van der Waals surface area contributed by atoms with E-state index >= 15 is 0 Å². The van der Waals surface area contributed by atoms with Crippen LogP contribution in [0.25, 0.3) is 56.7 Å². The van der Waals surface area contributed by atoms with Gasteiger partial charge >= 0.3 is 0 Å².